The Labute approximate surface area is 108 Å². The number of aliphatic hydroxyl groups is 1. The number of allylic oxidation sites excluding steroid dienone is 4. The highest BCUT2D eigenvalue weighted by molar-refractivity contribution is 9.12. The first-order valence-corrected chi connectivity index (χ1v) is 6.02. The fourth-order valence-electron chi connectivity index (χ4n) is 2.01. The molecule has 1 atom stereocenters. The van der Waals surface area contributed by atoms with Gasteiger partial charge in [0.2, 0.25) is 0 Å². The summed E-state index contributed by atoms with van der Waals surface area (Å²) in [5.74, 6) is 0.283. The number of hydrogen-bond acceptors (Lipinski definition) is 3. The lowest BCUT2D eigenvalue weighted by atomic mass is 9.85. The van der Waals surface area contributed by atoms with Crippen LogP contribution in [0.2, 0.25) is 0 Å². The van der Waals surface area contributed by atoms with Crippen molar-refractivity contribution < 1.29 is 14.6 Å². The van der Waals surface area contributed by atoms with Crippen molar-refractivity contribution >= 4 is 27.5 Å². The number of hydrogen-bond donors (Lipinski definition) is 1. The van der Waals surface area contributed by atoms with Crippen molar-refractivity contribution in [2.45, 2.75) is 6.42 Å². The number of fused-ring (bicyclic) bond motifs is 1. The van der Waals surface area contributed by atoms with E-state index in [-0.39, 0.29) is 18.4 Å². The van der Waals surface area contributed by atoms with E-state index in [0.717, 1.165) is 15.8 Å². The van der Waals surface area contributed by atoms with E-state index < -0.39 is 0 Å². The van der Waals surface area contributed by atoms with Crippen LogP contribution in [0.5, 0.6) is 0 Å². The number of nitrogens with zero attached hydrogens (tertiary/aromatic N) is 1. The summed E-state index contributed by atoms with van der Waals surface area (Å²) in [6.45, 7) is 0.00121. The fraction of sp³-hybridized carbons (Fsp3) is 0.333. The molecule has 2 rings (SSSR count). The van der Waals surface area contributed by atoms with Gasteiger partial charge in [0.1, 0.15) is 5.76 Å². The number of dihydropyridines is 1. The number of methoxy groups -OCH3 is 1. The van der Waals surface area contributed by atoms with E-state index in [9.17, 15) is 4.79 Å². The molecule has 0 radical (unpaired) electrons. The maximum Gasteiger partial charge on any atom is 0.269 e. The molecule has 1 aliphatic carbocycles. The summed E-state index contributed by atoms with van der Waals surface area (Å²) < 4.78 is 6.08. The van der Waals surface area contributed by atoms with Gasteiger partial charge in [0.25, 0.3) is 5.91 Å². The van der Waals surface area contributed by atoms with Crippen LogP contribution in [0.4, 0.5) is 0 Å². The highest BCUT2D eigenvalue weighted by atomic mass is 79.9. The molecule has 17 heavy (non-hydrogen) atoms. The van der Waals surface area contributed by atoms with E-state index in [1.54, 1.807) is 7.11 Å². The minimum atomic E-state index is -0.289. The molecule has 0 aromatic rings. The van der Waals surface area contributed by atoms with Crippen LogP contribution < -0.4 is 0 Å². The molecule has 4 nitrogen and oxygen atoms in total. The van der Waals surface area contributed by atoms with Crippen molar-refractivity contribution in [2.24, 2.45) is 10.9 Å². The predicted octanol–water partition coefficient (Wildman–Crippen LogP) is 1.72. The van der Waals surface area contributed by atoms with Crippen LogP contribution in [-0.4, -0.2) is 30.4 Å². The van der Waals surface area contributed by atoms with Crippen LogP contribution in [-0.2, 0) is 9.53 Å². The van der Waals surface area contributed by atoms with Gasteiger partial charge in [-0.1, -0.05) is 0 Å². The monoisotopic (exact) mass is 297 g/mol. The van der Waals surface area contributed by atoms with Gasteiger partial charge in [-0.25, -0.2) is 4.99 Å². The Morgan fingerprint density at radius 3 is 2.94 bits per heavy atom. The molecule has 0 saturated carbocycles. The van der Waals surface area contributed by atoms with Gasteiger partial charge in [-0.3, -0.25) is 4.79 Å². The molecule has 0 aromatic carbocycles. The lowest BCUT2D eigenvalue weighted by Crippen LogP contribution is -2.28. The molecule has 90 valence electrons. The van der Waals surface area contributed by atoms with Crippen molar-refractivity contribution in [3.8, 4) is 0 Å². The second-order valence-electron chi connectivity index (χ2n) is 3.75. The van der Waals surface area contributed by atoms with Crippen LogP contribution in [0.25, 0.3) is 0 Å². The summed E-state index contributed by atoms with van der Waals surface area (Å²) in [4.78, 5) is 15.5. The second kappa shape index (κ2) is 4.98. The van der Waals surface area contributed by atoms with E-state index in [2.05, 4.69) is 20.9 Å². The summed E-state index contributed by atoms with van der Waals surface area (Å²) in [7, 11) is 1.59. The largest absolute Gasteiger partial charge is 0.500 e. The first-order valence-electron chi connectivity index (χ1n) is 5.23. The standard InChI is InChI=1S/C12H12BrNO3/c1-17-9-3-2-8(13)12-11(9)7(4-5-15)6-10(16)14-12/h2-3,6,11,15H,4-5H2,1H3. The molecule has 0 fully saturated rings. The van der Waals surface area contributed by atoms with Crippen LogP contribution in [0.3, 0.4) is 0 Å². The van der Waals surface area contributed by atoms with Gasteiger partial charge in [-0.2, -0.15) is 0 Å². The summed E-state index contributed by atoms with van der Waals surface area (Å²) in [6.07, 6.45) is 5.57. The second-order valence-corrected chi connectivity index (χ2v) is 4.60. The highest BCUT2D eigenvalue weighted by Crippen LogP contribution is 2.35. The van der Waals surface area contributed by atoms with Gasteiger partial charge in [0.05, 0.1) is 18.7 Å². The SMILES string of the molecule is COC1=CC=C(Br)C2=NC(=O)C=C(CCO)C12. The molecular formula is C12H12BrNO3. The molecule has 1 unspecified atom stereocenters. The number of amides is 1. The fourth-order valence-corrected chi connectivity index (χ4v) is 2.46. The zero-order valence-electron chi connectivity index (χ0n) is 9.31. The van der Waals surface area contributed by atoms with Crippen LogP contribution in [0, 0.1) is 5.92 Å². The van der Waals surface area contributed by atoms with Gasteiger partial charge in [0, 0.05) is 17.2 Å². The van der Waals surface area contributed by atoms with Crippen molar-refractivity contribution in [1.82, 2.24) is 0 Å². The lowest BCUT2D eigenvalue weighted by molar-refractivity contribution is -0.113. The molecule has 1 heterocycles. The van der Waals surface area contributed by atoms with Gasteiger partial charge >= 0.3 is 0 Å². The van der Waals surface area contributed by atoms with E-state index >= 15 is 0 Å². The minimum absolute atomic E-state index is 0.00121. The van der Waals surface area contributed by atoms with Gasteiger partial charge < -0.3 is 9.84 Å². The average molecular weight is 298 g/mol. The normalized spacial score (nSPS) is 23.2. The van der Waals surface area contributed by atoms with E-state index in [1.165, 1.54) is 6.08 Å². The number of ether oxygens (including phenoxy) is 1. The molecule has 1 amide bonds. The Morgan fingerprint density at radius 1 is 1.53 bits per heavy atom. The lowest BCUT2D eigenvalue weighted by Gasteiger charge is -2.28. The zero-order chi connectivity index (χ0) is 12.4. The molecule has 0 aromatic heterocycles. The number of carbonyl (C=O) groups is 1. The van der Waals surface area contributed by atoms with E-state index in [1.807, 2.05) is 12.2 Å². The predicted molar refractivity (Wildman–Crippen MR) is 67.8 cm³/mol. The highest BCUT2D eigenvalue weighted by Gasteiger charge is 2.33. The molecular weight excluding hydrogens is 286 g/mol. The average Bonchev–Trinajstić information content (AvgIpc) is 2.31. The van der Waals surface area contributed by atoms with Gasteiger partial charge in [0.15, 0.2) is 0 Å². The molecule has 0 saturated heterocycles. The Morgan fingerprint density at radius 2 is 2.29 bits per heavy atom. The third-order valence-corrected chi connectivity index (χ3v) is 3.41. The quantitative estimate of drug-likeness (QED) is 0.863. The van der Waals surface area contributed by atoms with Crippen molar-refractivity contribution in [3.63, 3.8) is 0 Å². The van der Waals surface area contributed by atoms with Gasteiger partial charge in [-0.15, -0.1) is 0 Å². The minimum Gasteiger partial charge on any atom is -0.500 e. The summed E-state index contributed by atoms with van der Waals surface area (Å²) in [5.41, 5.74) is 1.49. The summed E-state index contributed by atoms with van der Waals surface area (Å²) >= 11 is 3.38. The molecule has 0 bridgehead atoms. The molecule has 1 aliphatic heterocycles. The van der Waals surface area contributed by atoms with Crippen LogP contribution >= 0.6 is 15.9 Å². The Bertz CT molecular complexity index is 474. The van der Waals surface area contributed by atoms with Gasteiger partial charge in [-0.05, 0) is 40.1 Å². The zero-order valence-corrected chi connectivity index (χ0v) is 10.9. The molecule has 5 heteroatoms. The Hall–Kier alpha value is -1.20. The first-order chi connectivity index (χ1) is 8.17. The third kappa shape index (κ3) is 2.25. The molecule has 2 aliphatic rings. The number of aliphatic imine (C=N–C) groups is 1. The van der Waals surface area contributed by atoms with Crippen LogP contribution in [0.1, 0.15) is 6.42 Å². The third-order valence-electron chi connectivity index (χ3n) is 2.74. The maximum atomic E-state index is 11.5. The van der Waals surface area contributed by atoms with Crippen LogP contribution in [0.15, 0.2) is 39.0 Å². The Balaban J connectivity index is 2.44. The van der Waals surface area contributed by atoms with E-state index in [0.29, 0.717) is 12.1 Å². The smallest absolute Gasteiger partial charge is 0.269 e. The number of carbonyl (C=O) groups excluding carboxylic acids is 1. The van der Waals surface area contributed by atoms with E-state index in [4.69, 9.17) is 9.84 Å². The first kappa shape index (κ1) is 12.3. The number of aliphatic hydroxyl groups excluding tert-OH is 1. The van der Waals surface area contributed by atoms with Crippen molar-refractivity contribution in [3.05, 3.63) is 34.0 Å². The number of rotatable bonds is 3. The summed E-state index contributed by atoms with van der Waals surface area (Å²) in [6, 6.07) is 0. The molecule has 1 N–H and O–H groups in total. The Kier molecular flexibility index (Phi) is 3.59. The maximum absolute atomic E-state index is 11.5. The topological polar surface area (TPSA) is 58.9 Å². The molecule has 0 spiro atoms. The van der Waals surface area contributed by atoms with Crippen molar-refractivity contribution in [2.75, 3.05) is 13.7 Å². The van der Waals surface area contributed by atoms with Crippen molar-refractivity contribution in [1.29, 1.82) is 0 Å². The summed E-state index contributed by atoms with van der Waals surface area (Å²) in [5, 5.41) is 9.04. The number of halogens is 1.